The Morgan fingerprint density at radius 3 is 2.71 bits per heavy atom. The monoisotopic (exact) mass is 394 g/mol. The zero-order valence-electron chi connectivity index (χ0n) is 14.1. The first-order valence-electron chi connectivity index (χ1n) is 8.28. The number of hydrogen-bond acceptors (Lipinski definition) is 4. The number of imidazole rings is 1. The quantitative estimate of drug-likeness (QED) is 0.799. The molecule has 0 unspecified atom stereocenters. The summed E-state index contributed by atoms with van der Waals surface area (Å²) in [7, 11) is 0. The first-order valence-corrected chi connectivity index (χ1v) is 9.08. The van der Waals surface area contributed by atoms with Gasteiger partial charge in [-0.25, -0.2) is 9.78 Å². The number of rotatable bonds is 4. The molecular weight excluding hydrogens is 372 g/mol. The molecule has 2 aromatic rings. The standard InChI is InChI=1S/C17H23BrN4O2/c1-13(2)12-24-17(23)21-7-5-20(6-8-21)10-15-11-22-9-14(18)3-4-16(22)19-15/h3-4,9,11,13H,5-8,10,12H2,1-2H3. The van der Waals surface area contributed by atoms with E-state index in [2.05, 4.69) is 32.0 Å². The van der Waals surface area contributed by atoms with Crippen molar-refractivity contribution in [3.05, 3.63) is 34.7 Å². The molecule has 6 nitrogen and oxygen atoms in total. The van der Waals surface area contributed by atoms with Crippen molar-refractivity contribution in [2.45, 2.75) is 20.4 Å². The second-order valence-corrected chi connectivity index (χ2v) is 7.49. The molecule has 0 atom stereocenters. The van der Waals surface area contributed by atoms with Crippen molar-refractivity contribution < 1.29 is 9.53 Å². The lowest BCUT2D eigenvalue weighted by atomic mass is 10.2. The summed E-state index contributed by atoms with van der Waals surface area (Å²) in [6, 6.07) is 3.99. The van der Waals surface area contributed by atoms with E-state index in [0.29, 0.717) is 25.6 Å². The van der Waals surface area contributed by atoms with Crippen molar-refractivity contribution in [3.63, 3.8) is 0 Å². The Hall–Kier alpha value is -1.60. The Balaban J connectivity index is 1.52. The molecule has 3 heterocycles. The predicted octanol–water partition coefficient (Wildman–Crippen LogP) is 3.01. The molecule has 2 aromatic heterocycles. The van der Waals surface area contributed by atoms with Crippen LogP contribution < -0.4 is 0 Å². The van der Waals surface area contributed by atoms with E-state index in [1.807, 2.05) is 36.6 Å². The zero-order valence-corrected chi connectivity index (χ0v) is 15.7. The Kier molecular flexibility index (Phi) is 5.40. The number of piperazine rings is 1. The lowest BCUT2D eigenvalue weighted by molar-refractivity contribution is 0.0673. The number of fused-ring (bicyclic) bond motifs is 1. The van der Waals surface area contributed by atoms with Gasteiger partial charge in [0.05, 0.1) is 12.3 Å². The van der Waals surface area contributed by atoms with Crippen LogP contribution in [0.15, 0.2) is 29.0 Å². The van der Waals surface area contributed by atoms with E-state index in [9.17, 15) is 4.79 Å². The molecule has 0 radical (unpaired) electrons. The summed E-state index contributed by atoms with van der Waals surface area (Å²) >= 11 is 3.47. The Morgan fingerprint density at radius 1 is 1.25 bits per heavy atom. The minimum absolute atomic E-state index is 0.194. The summed E-state index contributed by atoms with van der Waals surface area (Å²) in [5.74, 6) is 0.366. The second-order valence-electron chi connectivity index (χ2n) is 6.58. The summed E-state index contributed by atoms with van der Waals surface area (Å²) in [6.45, 7) is 8.45. The number of halogens is 1. The van der Waals surface area contributed by atoms with E-state index in [4.69, 9.17) is 4.74 Å². The second kappa shape index (κ2) is 7.53. The molecule has 0 spiro atoms. The highest BCUT2D eigenvalue weighted by atomic mass is 79.9. The van der Waals surface area contributed by atoms with Crippen LogP contribution in [0.1, 0.15) is 19.5 Å². The van der Waals surface area contributed by atoms with Crippen LogP contribution in [0.4, 0.5) is 4.79 Å². The van der Waals surface area contributed by atoms with Gasteiger partial charge in [0, 0.05) is 49.6 Å². The molecule has 24 heavy (non-hydrogen) atoms. The van der Waals surface area contributed by atoms with Crippen LogP contribution in [0.2, 0.25) is 0 Å². The Morgan fingerprint density at radius 2 is 2.00 bits per heavy atom. The van der Waals surface area contributed by atoms with Gasteiger partial charge in [0.2, 0.25) is 0 Å². The van der Waals surface area contributed by atoms with Gasteiger partial charge in [0.25, 0.3) is 0 Å². The third kappa shape index (κ3) is 4.27. The van der Waals surface area contributed by atoms with E-state index in [0.717, 1.165) is 35.4 Å². The Bertz CT molecular complexity index is 708. The Labute approximate surface area is 150 Å². The molecule has 130 valence electrons. The molecule has 7 heteroatoms. The topological polar surface area (TPSA) is 50.1 Å². The molecule has 0 bridgehead atoms. The number of ether oxygens (including phenoxy) is 1. The van der Waals surface area contributed by atoms with Crippen molar-refractivity contribution in [1.82, 2.24) is 19.2 Å². The van der Waals surface area contributed by atoms with E-state index < -0.39 is 0 Å². The largest absolute Gasteiger partial charge is 0.449 e. The number of hydrogen-bond donors (Lipinski definition) is 0. The molecule has 0 aliphatic carbocycles. The van der Waals surface area contributed by atoms with E-state index >= 15 is 0 Å². The van der Waals surface area contributed by atoms with Crippen molar-refractivity contribution in [3.8, 4) is 0 Å². The molecule has 3 rings (SSSR count). The van der Waals surface area contributed by atoms with Gasteiger partial charge in [-0.2, -0.15) is 0 Å². The summed E-state index contributed by atoms with van der Waals surface area (Å²) in [5, 5.41) is 0. The van der Waals surface area contributed by atoms with Crippen molar-refractivity contribution in [2.75, 3.05) is 32.8 Å². The first kappa shape index (κ1) is 17.2. The summed E-state index contributed by atoms with van der Waals surface area (Å²) in [4.78, 5) is 20.7. The van der Waals surface area contributed by atoms with Crippen molar-refractivity contribution in [2.24, 2.45) is 5.92 Å². The van der Waals surface area contributed by atoms with Crippen molar-refractivity contribution >= 4 is 27.7 Å². The minimum Gasteiger partial charge on any atom is -0.449 e. The van der Waals surface area contributed by atoms with Gasteiger partial charge in [-0.3, -0.25) is 4.90 Å². The fourth-order valence-electron chi connectivity index (χ4n) is 2.74. The highest BCUT2D eigenvalue weighted by molar-refractivity contribution is 9.10. The van der Waals surface area contributed by atoms with E-state index in [1.54, 1.807) is 4.90 Å². The number of nitrogens with zero attached hydrogens (tertiary/aromatic N) is 4. The molecule has 1 saturated heterocycles. The molecule has 1 aliphatic heterocycles. The highest BCUT2D eigenvalue weighted by Gasteiger charge is 2.22. The van der Waals surface area contributed by atoms with Gasteiger partial charge in [0.1, 0.15) is 5.65 Å². The van der Waals surface area contributed by atoms with Crippen molar-refractivity contribution in [1.29, 1.82) is 0 Å². The molecule has 0 saturated carbocycles. The van der Waals surface area contributed by atoms with Crippen LogP contribution in [0.3, 0.4) is 0 Å². The lowest BCUT2D eigenvalue weighted by Crippen LogP contribution is -2.48. The average molecular weight is 395 g/mol. The number of amides is 1. The van der Waals surface area contributed by atoms with Crippen LogP contribution in [-0.2, 0) is 11.3 Å². The van der Waals surface area contributed by atoms with Gasteiger partial charge >= 0.3 is 6.09 Å². The smallest absolute Gasteiger partial charge is 0.409 e. The van der Waals surface area contributed by atoms with Gasteiger partial charge in [-0.1, -0.05) is 13.8 Å². The number of pyridine rings is 1. The highest BCUT2D eigenvalue weighted by Crippen LogP contribution is 2.14. The lowest BCUT2D eigenvalue weighted by Gasteiger charge is -2.33. The number of carbonyl (C=O) groups is 1. The maximum Gasteiger partial charge on any atom is 0.409 e. The molecule has 1 amide bonds. The van der Waals surface area contributed by atoms with Gasteiger partial charge in [-0.15, -0.1) is 0 Å². The van der Waals surface area contributed by atoms with Crippen LogP contribution in [-0.4, -0.2) is 58.1 Å². The fourth-order valence-corrected chi connectivity index (χ4v) is 3.09. The van der Waals surface area contributed by atoms with Gasteiger partial charge < -0.3 is 14.0 Å². The molecule has 0 aromatic carbocycles. The van der Waals surface area contributed by atoms with Crippen LogP contribution in [0.5, 0.6) is 0 Å². The number of aromatic nitrogens is 2. The van der Waals surface area contributed by atoms with Crippen LogP contribution in [0.25, 0.3) is 5.65 Å². The third-order valence-electron chi connectivity index (χ3n) is 4.02. The molecule has 1 aliphatic rings. The van der Waals surface area contributed by atoms with Gasteiger partial charge in [0.15, 0.2) is 0 Å². The zero-order chi connectivity index (χ0) is 17.1. The third-order valence-corrected chi connectivity index (χ3v) is 4.49. The molecule has 0 N–H and O–H groups in total. The molecule has 1 fully saturated rings. The van der Waals surface area contributed by atoms with E-state index in [1.165, 1.54) is 0 Å². The predicted molar refractivity (Wildman–Crippen MR) is 95.9 cm³/mol. The fraction of sp³-hybridized carbons (Fsp3) is 0.529. The average Bonchev–Trinajstić information content (AvgIpc) is 2.94. The maximum absolute atomic E-state index is 12.0. The normalized spacial score (nSPS) is 16.1. The summed E-state index contributed by atoms with van der Waals surface area (Å²) in [6.07, 6.45) is 3.87. The first-order chi connectivity index (χ1) is 11.5. The van der Waals surface area contributed by atoms with Crippen LogP contribution in [0, 0.1) is 5.92 Å². The van der Waals surface area contributed by atoms with Gasteiger partial charge in [-0.05, 0) is 34.0 Å². The number of carbonyl (C=O) groups excluding carboxylic acids is 1. The summed E-state index contributed by atoms with van der Waals surface area (Å²) in [5.41, 5.74) is 1.99. The molecular formula is C17H23BrN4O2. The minimum atomic E-state index is -0.194. The van der Waals surface area contributed by atoms with Crippen LogP contribution >= 0.6 is 15.9 Å². The van der Waals surface area contributed by atoms with E-state index in [-0.39, 0.29) is 6.09 Å². The maximum atomic E-state index is 12.0. The SMILES string of the molecule is CC(C)COC(=O)N1CCN(Cc2cn3cc(Br)ccc3n2)CC1. The summed E-state index contributed by atoms with van der Waals surface area (Å²) < 4.78 is 8.36.